The van der Waals surface area contributed by atoms with Gasteiger partial charge in [0.15, 0.2) is 0 Å². The topological polar surface area (TPSA) is 17.6 Å². The summed E-state index contributed by atoms with van der Waals surface area (Å²) < 4.78 is 9.94. The Labute approximate surface area is 286 Å². The molecule has 5 rings (SSSR count). The van der Waals surface area contributed by atoms with Gasteiger partial charge in [0.1, 0.15) is 14.1 Å². The minimum absolute atomic E-state index is 0. The second kappa shape index (κ2) is 14.0. The van der Waals surface area contributed by atoms with Crippen molar-refractivity contribution in [3.63, 3.8) is 0 Å². The number of fused-ring (bicyclic) bond motifs is 8. The van der Waals surface area contributed by atoms with E-state index in [4.69, 9.17) is 0 Å². The van der Waals surface area contributed by atoms with Crippen LogP contribution in [0.15, 0.2) is 24.3 Å². The normalized spacial score (nSPS) is 13.2. The van der Waals surface area contributed by atoms with Crippen LogP contribution in [0.3, 0.4) is 0 Å². The summed E-state index contributed by atoms with van der Waals surface area (Å²) in [5.41, 5.74) is 22.7. The minimum Gasteiger partial charge on any atom is -0.344 e. The number of rotatable bonds is 8. The smallest absolute Gasteiger partial charge is 0.215 e. The summed E-state index contributed by atoms with van der Waals surface area (Å²) in [4.78, 5) is 0. The van der Waals surface area contributed by atoms with Crippen LogP contribution in [0.2, 0.25) is 0 Å². The van der Waals surface area contributed by atoms with Crippen molar-refractivity contribution >= 4 is 44.4 Å². The van der Waals surface area contributed by atoms with E-state index in [9.17, 15) is 0 Å². The molecule has 8 bridgehead atoms. The van der Waals surface area contributed by atoms with E-state index in [1.807, 2.05) is 0 Å². The number of hydrogen-bond donors (Lipinski definition) is 0. The van der Waals surface area contributed by atoms with Crippen molar-refractivity contribution in [3.8, 4) is 0 Å². The van der Waals surface area contributed by atoms with E-state index in [0.717, 1.165) is 51.4 Å². The van der Waals surface area contributed by atoms with Gasteiger partial charge in [0.2, 0.25) is 22.8 Å². The minimum atomic E-state index is 0. The van der Waals surface area contributed by atoms with E-state index in [-0.39, 0.29) is 21.1 Å². The summed E-state index contributed by atoms with van der Waals surface area (Å²) in [6.07, 6.45) is 8.23. The molecule has 0 unspecified atom stereocenters. The zero-order valence-electron chi connectivity index (χ0n) is 30.1. The van der Waals surface area contributed by atoms with Gasteiger partial charge >= 0.3 is 0 Å². The summed E-state index contributed by atoms with van der Waals surface area (Å²) in [7, 11) is 9.15. The number of hydrogen-bond acceptors (Lipinski definition) is 0. The Kier molecular flexibility index (Phi) is 10.9. The summed E-state index contributed by atoms with van der Waals surface area (Å²) in [6, 6.07) is 10.0. The molecular weight excluding hydrogens is 732 g/mol. The van der Waals surface area contributed by atoms with Gasteiger partial charge in [0.25, 0.3) is 0 Å². The van der Waals surface area contributed by atoms with Crippen molar-refractivity contribution in [2.45, 2.75) is 107 Å². The Morgan fingerprint density at radius 2 is 0.644 bits per heavy atom. The third-order valence-electron chi connectivity index (χ3n) is 10.7. The molecule has 45 heavy (non-hydrogen) atoms. The molecule has 4 nitrogen and oxygen atoms in total. The predicted molar refractivity (Wildman–Crippen MR) is 189 cm³/mol. The van der Waals surface area contributed by atoms with E-state index in [0.29, 0.717) is 0 Å². The summed E-state index contributed by atoms with van der Waals surface area (Å²) >= 11 is 0. The van der Waals surface area contributed by atoms with Gasteiger partial charge in [-0.15, -0.1) is 0 Å². The molecule has 0 atom stereocenters. The van der Waals surface area contributed by atoms with Crippen molar-refractivity contribution in [3.05, 3.63) is 69.3 Å². The van der Waals surface area contributed by atoms with Crippen molar-refractivity contribution in [1.82, 2.24) is 9.13 Å². The zero-order valence-corrected chi connectivity index (χ0v) is 32.3. The molecule has 244 valence electrons. The quantitative estimate of drug-likeness (QED) is 0.203. The van der Waals surface area contributed by atoms with Crippen LogP contribution in [0.4, 0.5) is 0 Å². The monoisotopic (exact) mass is 787 g/mol. The average Bonchev–Trinajstić information content (AvgIpc) is 3.64. The second-order valence-corrected chi connectivity index (χ2v) is 12.6. The molecular formula is C40H56N4Pt+2. The van der Waals surface area contributed by atoms with Crippen LogP contribution in [0.5, 0.6) is 0 Å². The Balaban J connectivity index is 0.00000461. The van der Waals surface area contributed by atoms with Gasteiger partial charge in [0, 0.05) is 80.6 Å². The van der Waals surface area contributed by atoms with Gasteiger partial charge in [0.05, 0.1) is 17.1 Å². The first-order valence-electron chi connectivity index (χ1n) is 17.4. The first-order chi connectivity index (χ1) is 21.2. The number of allylic oxidation sites excluding steroid dienone is 4. The molecule has 2 aliphatic rings. The van der Waals surface area contributed by atoms with Crippen LogP contribution in [-0.2, 0) is 74.9 Å². The molecule has 0 saturated carbocycles. The van der Waals surface area contributed by atoms with Crippen molar-refractivity contribution in [2.24, 2.45) is 28.2 Å². The van der Waals surface area contributed by atoms with E-state index < -0.39 is 0 Å². The number of aryl methyl sites for hydroxylation is 6. The van der Waals surface area contributed by atoms with Crippen molar-refractivity contribution < 1.29 is 30.2 Å². The third kappa shape index (κ3) is 5.34. The van der Waals surface area contributed by atoms with Crippen LogP contribution in [-0.4, -0.2) is 9.13 Å². The van der Waals surface area contributed by atoms with Gasteiger partial charge in [-0.25, -0.2) is 0 Å². The molecule has 0 fully saturated rings. The molecule has 2 aliphatic heterocycles. The molecule has 0 amide bonds. The fourth-order valence-corrected chi connectivity index (χ4v) is 8.52. The van der Waals surface area contributed by atoms with Crippen molar-refractivity contribution in [2.75, 3.05) is 0 Å². The molecule has 0 spiro atoms. The second-order valence-electron chi connectivity index (χ2n) is 12.6. The van der Waals surface area contributed by atoms with E-state index in [1.165, 1.54) is 89.4 Å². The molecule has 5 heterocycles. The van der Waals surface area contributed by atoms with Crippen LogP contribution < -0.4 is 9.13 Å². The van der Waals surface area contributed by atoms with Gasteiger partial charge in [-0.2, -0.15) is 9.13 Å². The molecule has 3 aromatic rings. The van der Waals surface area contributed by atoms with Crippen LogP contribution in [0.25, 0.3) is 44.4 Å². The molecule has 0 aromatic carbocycles. The maximum atomic E-state index is 2.51. The molecule has 5 heteroatoms. The van der Waals surface area contributed by atoms with Gasteiger partial charge < -0.3 is 9.13 Å². The van der Waals surface area contributed by atoms with Gasteiger partial charge in [-0.1, -0.05) is 55.4 Å². The average molecular weight is 788 g/mol. The molecule has 0 radical (unpaired) electrons. The standard InChI is InChI=1S/C40H56N4.Pt/c1-13-25-26(14-2)34-22-36-29(17-5)30(18-6)38(43(36)11)24-40-32(20-8)31(19-7)39(44(40)12)23-37-28(16-4)27(15-3)35(42(37)10)21-33(25)41(34)9;/h21-24H,13-20H2,1-12H3;/q+2;. The Bertz CT molecular complexity index is 1740. The Morgan fingerprint density at radius 3 is 0.889 bits per heavy atom. The maximum absolute atomic E-state index is 2.51. The maximum Gasteiger partial charge on any atom is 0.215 e. The van der Waals surface area contributed by atoms with Crippen LogP contribution in [0.1, 0.15) is 126 Å². The third-order valence-corrected chi connectivity index (χ3v) is 10.7. The van der Waals surface area contributed by atoms with Gasteiger partial charge in [-0.05, 0) is 79.7 Å². The fourth-order valence-electron chi connectivity index (χ4n) is 8.52. The Hall–Kier alpha value is -2.71. The summed E-state index contributed by atoms with van der Waals surface area (Å²) in [5.74, 6) is 0. The molecule has 3 aromatic heterocycles. The predicted octanol–water partition coefficient (Wildman–Crippen LogP) is 8.90. The largest absolute Gasteiger partial charge is 0.344 e. The summed E-state index contributed by atoms with van der Waals surface area (Å²) in [5, 5.41) is 0. The molecule has 0 N–H and O–H groups in total. The number of nitrogens with zero attached hydrogens (tertiary/aromatic N) is 4. The molecule has 0 aliphatic carbocycles. The van der Waals surface area contributed by atoms with Crippen LogP contribution >= 0.6 is 0 Å². The van der Waals surface area contributed by atoms with Crippen LogP contribution in [0, 0.1) is 0 Å². The van der Waals surface area contributed by atoms with E-state index >= 15 is 0 Å². The zero-order chi connectivity index (χ0) is 32.0. The first-order valence-corrected chi connectivity index (χ1v) is 17.4. The first kappa shape index (κ1) is 35.1. The SMILES string of the molecule is CCC1=C(CC)c2cc3c(CC)c(CC)c(cc4c(CC)c(CC)c(cc5[n+](C)c(cc1[n+]2C)C(CC)=C5CC)n4C)n3C.[Pt]. The number of aromatic nitrogens is 4. The van der Waals surface area contributed by atoms with E-state index in [1.54, 1.807) is 0 Å². The van der Waals surface area contributed by atoms with Crippen molar-refractivity contribution in [1.29, 1.82) is 0 Å². The van der Waals surface area contributed by atoms with Gasteiger partial charge in [-0.3, -0.25) is 0 Å². The van der Waals surface area contributed by atoms with E-state index in [2.05, 4.69) is 126 Å². The fraction of sp³-hybridized carbons (Fsp3) is 0.500. The summed E-state index contributed by atoms with van der Waals surface area (Å²) in [6.45, 7) is 18.6. The Morgan fingerprint density at radius 1 is 0.400 bits per heavy atom. The molecule has 0 saturated heterocycles.